The summed E-state index contributed by atoms with van der Waals surface area (Å²) in [5.74, 6) is 0.705. The van der Waals surface area contributed by atoms with Crippen molar-refractivity contribution in [2.75, 3.05) is 23.3 Å². The van der Waals surface area contributed by atoms with Gasteiger partial charge in [-0.05, 0) is 58.9 Å². The number of ether oxygens (including phenoxy) is 1. The van der Waals surface area contributed by atoms with E-state index in [4.69, 9.17) is 4.74 Å². The third kappa shape index (κ3) is 4.41. The molecule has 1 amide bonds. The molecule has 0 spiro atoms. The Hall–Kier alpha value is -2.40. The molecule has 1 aromatic heterocycles. The molecule has 1 saturated heterocycles. The summed E-state index contributed by atoms with van der Waals surface area (Å²) < 4.78 is 6.12. The molecule has 0 bridgehead atoms. The standard InChI is InChI=1S/C21H27N3O2/c1-15-6-9-17(10-7-15)23-19(25)16-8-11-18(22-12-16)24-13-20(2,3)26-21(4,5)14-24/h6-12H,13-14H2,1-5H3,(H,23,25). The first-order chi connectivity index (χ1) is 12.1. The molecule has 3 rings (SSSR count). The van der Waals surface area contributed by atoms with E-state index in [1.807, 2.05) is 43.3 Å². The molecule has 5 nitrogen and oxygen atoms in total. The number of morpholine rings is 1. The molecule has 0 unspecified atom stereocenters. The minimum absolute atomic E-state index is 0.157. The van der Waals surface area contributed by atoms with E-state index >= 15 is 0 Å². The fourth-order valence-corrected chi connectivity index (χ4v) is 3.50. The second-order valence-corrected chi connectivity index (χ2v) is 8.20. The third-order valence-corrected chi connectivity index (χ3v) is 4.34. The lowest BCUT2D eigenvalue weighted by molar-refractivity contribution is -0.133. The minimum atomic E-state index is -0.245. The summed E-state index contributed by atoms with van der Waals surface area (Å²) >= 11 is 0. The predicted octanol–water partition coefficient (Wildman–Crippen LogP) is 4.04. The Kier molecular flexibility index (Phi) is 4.76. The quantitative estimate of drug-likeness (QED) is 0.905. The second-order valence-electron chi connectivity index (χ2n) is 8.20. The molecule has 0 radical (unpaired) electrons. The molecule has 1 aliphatic heterocycles. The summed E-state index contributed by atoms with van der Waals surface area (Å²) in [6, 6.07) is 11.5. The zero-order valence-corrected chi connectivity index (χ0v) is 16.2. The zero-order chi connectivity index (χ0) is 18.9. The van der Waals surface area contributed by atoms with Crippen LogP contribution in [0.25, 0.3) is 0 Å². The van der Waals surface area contributed by atoms with Crippen molar-refractivity contribution in [3.05, 3.63) is 53.7 Å². The number of nitrogens with zero attached hydrogens (tertiary/aromatic N) is 2. The van der Waals surface area contributed by atoms with Gasteiger partial charge in [0.25, 0.3) is 5.91 Å². The van der Waals surface area contributed by atoms with Crippen LogP contribution in [0.4, 0.5) is 11.5 Å². The van der Waals surface area contributed by atoms with Gasteiger partial charge in [-0.1, -0.05) is 17.7 Å². The van der Waals surface area contributed by atoms with Crippen LogP contribution >= 0.6 is 0 Å². The number of carbonyl (C=O) groups excluding carboxylic acids is 1. The van der Waals surface area contributed by atoms with Gasteiger partial charge in [-0.3, -0.25) is 4.79 Å². The number of anilines is 2. The number of benzene rings is 1. The predicted molar refractivity (Wildman–Crippen MR) is 105 cm³/mol. The van der Waals surface area contributed by atoms with E-state index < -0.39 is 0 Å². The second kappa shape index (κ2) is 6.72. The van der Waals surface area contributed by atoms with Crippen LogP contribution in [-0.2, 0) is 4.74 Å². The Bertz CT molecular complexity index is 764. The highest BCUT2D eigenvalue weighted by molar-refractivity contribution is 6.04. The number of aromatic nitrogens is 1. The highest BCUT2D eigenvalue weighted by atomic mass is 16.5. The van der Waals surface area contributed by atoms with Crippen molar-refractivity contribution in [3.8, 4) is 0 Å². The van der Waals surface area contributed by atoms with Gasteiger partial charge in [0.15, 0.2) is 0 Å². The lowest BCUT2D eigenvalue weighted by atomic mass is 9.99. The fraction of sp³-hybridized carbons (Fsp3) is 0.429. The molecule has 5 heteroatoms. The van der Waals surface area contributed by atoms with Gasteiger partial charge in [0.2, 0.25) is 0 Å². The van der Waals surface area contributed by atoms with Gasteiger partial charge in [-0.15, -0.1) is 0 Å². The molecule has 1 fully saturated rings. The van der Waals surface area contributed by atoms with Crippen molar-refractivity contribution in [2.24, 2.45) is 0 Å². The van der Waals surface area contributed by atoms with Crippen LogP contribution in [0.2, 0.25) is 0 Å². The van der Waals surface area contributed by atoms with Crippen LogP contribution in [0.15, 0.2) is 42.6 Å². The Labute approximate surface area is 155 Å². The lowest BCUT2D eigenvalue weighted by Gasteiger charge is -2.47. The van der Waals surface area contributed by atoms with Crippen molar-refractivity contribution in [1.82, 2.24) is 4.98 Å². The monoisotopic (exact) mass is 353 g/mol. The highest BCUT2D eigenvalue weighted by Crippen LogP contribution is 2.30. The van der Waals surface area contributed by atoms with Crippen LogP contribution in [0.1, 0.15) is 43.6 Å². The molecule has 2 aromatic rings. The van der Waals surface area contributed by atoms with E-state index in [1.54, 1.807) is 6.20 Å². The number of nitrogens with one attached hydrogen (secondary N) is 1. The summed E-state index contributed by atoms with van der Waals surface area (Å²) in [4.78, 5) is 19.1. The normalized spacial score (nSPS) is 18.4. The molecule has 0 saturated carbocycles. The van der Waals surface area contributed by atoms with Gasteiger partial charge < -0.3 is 15.0 Å². The van der Waals surface area contributed by atoms with Gasteiger partial charge in [-0.25, -0.2) is 4.98 Å². The number of carbonyl (C=O) groups is 1. The van der Waals surface area contributed by atoms with Gasteiger partial charge in [0.05, 0.1) is 16.8 Å². The SMILES string of the molecule is Cc1ccc(NC(=O)c2ccc(N3CC(C)(C)OC(C)(C)C3)nc2)cc1. The van der Waals surface area contributed by atoms with Crippen molar-refractivity contribution in [3.63, 3.8) is 0 Å². The number of pyridine rings is 1. The zero-order valence-electron chi connectivity index (χ0n) is 16.2. The largest absolute Gasteiger partial charge is 0.366 e. The third-order valence-electron chi connectivity index (χ3n) is 4.34. The summed E-state index contributed by atoms with van der Waals surface area (Å²) in [6.45, 7) is 11.9. The Morgan fingerprint density at radius 1 is 1.04 bits per heavy atom. The lowest BCUT2D eigenvalue weighted by Crippen LogP contribution is -2.57. The average molecular weight is 353 g/mol. The average Bonchev–Trinajstić information content (AvgIpc) is 2.54. The molecule has 138 valence electrons. The van der Waals surface area contributed by atoms with E-state index in [9.17, 15) is 4.79 Å². The molecule has 2 heterocycles. The van der Waals surface area contributed by atoms with E-state index in [0.29, 0.717) is 5.56 Å². The summed E-state index contributed by atoms with van der Waals surface area (Å²) in [5, 5.41) is 2.90. The molecule has 1 N–H and O–H groups in total. The Morgan fingerprint density at radius 2 is 1.65 bits per heavy atom. The first-order valence-electron chi connectivity index (χ1n) is 8.93. The summed E-state index contributed by atoms with van der Waals surface area (Å²) in [6.07, 6.45) is 1.63. The van der Waals surface area contributed by atoms with Crippen LogP contribution in [0.3, 0.4) is 0 Å². The fourth-order valence-electron chi connectivity index (χ4n) is 3.50. The van der Waals surface area contributed by atoms with Gasteiger partial charge in [-0.2, -0.15) is 0 Å². The topological polar surface area (TPSA) is 54.5 Å². The molecule has 1 aliphatic rings. The van der Waals surface area contributed by atoms with Gasteiger partial charge in [0.1, 0.15) is 5.82 Å². The summed E-state index contributed by atoms with van der Waals surface area (Å²) in [5.41, 5.74) is 1.99. The van der Waals surface area contributed by atoms with Gasteiger partial charge in [0, 0.05) is 25.0 Å². The van der Waals surface area contributed by atoms with Crippen LogP contribution in [0, 0.1) is 6.92 Å². The number of hydrogen-bond acceptors (Lipinski definition) is 4. The number of aryl methyl sites for hydroxylation is 1. The first kappa shape index (κ1) is 18.4. The van der Waals surface area contributed by atoms with E-state index in [-0.39, 0.29) is 17.1 Å². The van der Waals surface area contributed by atoms with Crippen LogP contribution < -0.4 is 10.2 Å². The maximum atomic E-state index is 12.4. The van der Waals surface area contributed by atoms with Gasteiger partial charge >= 0.3 is 0 Å². The smallest absolute Gasteiger partial charge is 0.257 e. The maximum absolute atomic E-state index is 12.4. The van der Waals surface area contributed by atoms with Crippen LogP contribution in [-0.4, -0.2) is 35.2 Å². The van der Waals surface area contributed by atoms with Crippen molar-refractivity contribution < 1.29 is 9.53 Å². The van der Waals surface area contributed by atoms with Crippen molar-refractivity contribution in [2.45, 2.75) is 45.8 Å². The molecule has 1 aromatic carbocycles. The molecular formula is C21H27N3O2. The van der Waals surface area contributed by atoms with E-state index in [2.05, 4.69) is 42.9 Å². The highest BCUT2D eigenvalue weighted by Gasteiger charge is 2.38. The molecule has 26 heavy (non-hydrogen) atoms. The van der Waals surface area contributed by atoms with E-state index in [1.165, 1.54) is 0 Å². The molecular weight excluding hydrogens is 326 g/mol. The summed E-state index contributed by atoms with van der Waals surface area (Å²) in [7, 11) is 0. The maximum Gasteiger partial charge on any atom is 0.257 e. The number of rotatable bonds is 3. The van der Waals surface area contributed by atoms with E-state index in [0.717, 1.165) is 30.2 Å². The first-order valence-corrected chi connectivity index (χ1v) is 8.93. The van der Waals surface area contributed by atoms with Crippen molar-refractivity contribution in [1.29, 1.82) is 0 Å². The molecule has 0 aliphatic carbocycles. The molecule has 0 atom stereocenters. The minimum Gasteiger partial charge on any atom is -0.366 e. The Morgan fingerprint density at radius 3 is 2.19 bits per heavy atom. The Balaban J connectivity index is 1.71. The van der Waals surface area contributed by atoms with Crippen LogP contribution in [0.5, 0.6) is 0 Å². The van der Waals surface area contributed by atoms with Crippen molar-refractivity contribution >= 4 is 17.4 Å². The number of amides is 1. The number of hydrogen-bond donors (Lipinski definition) is 1.